The molecule has 0 aliphatic rings. The molecule has 0 saturated carbocycles. The first-order chi connectivity index (χ1) is 9.45. The number of unbranched alkanes of at least 4 members (excludes halogenated alkanes) is 1. The van der Waals surface area contributed by atoms with Crippen molar-refractivity contribution in [1.29, 1.82) is 0 Å². The fourth-order valence-corrected chi connectivity index (χ4v) is 0.817. The van der Waals surface area contributed by atoms with Crippen LogP contribution in [0, 0.1) is 0 Å². The average molecular weight is 285 g/mol. The van der Waals surface area contributed by atoms with Crippen LogP contribution in [0.5, 0.6) is 0 Å². The van der Waals surface area contributed by atoms with Gasteiger partial charge in [0.15, 0.2) is 5.96 Å². The van der Waals surface area contributed by atoms with Gasteiger partial charge in [0.25, 0.3) is 0 Å². The van der Waals surface area contributed by atoms with E-state index in [0.29, 0.717) is 18.7 Å². The highest BCUT2D eigenvalue weighted by Crippen LogP contribution is 1.90. The van der Waals surface area contributed by atoms with Gasteiger partial charge in [-0.2, -0.15) is 0 Å². The normalized spacial score (nSPS) is 8.50. The van der Waals surface area contributed by atoms with Crippen LogP contribution in [0.3, 0.4) is 0 Å². The molecule has 0 saturated heterocycles. The first-order valence-electron chi connectivity index (χ1n) is 6.07. The second-order valence-corrected chi connectivity index (χ2v) is 3.69. The molecule has 0 rings (SSSR count). The Hall–Kier alpha value is -2.18. The lowest BCUT2D eigenvalue weighted by molar-refractivity contribution is -0.138. The summed E-state index contributed by atoms with van der Waals surface area (Å²) in [5.41, 5.74) is 15.7. The number of aliphatic imine (C=N–C) groups is 2. The number of carbonyl (C=O) groups is 1. The zero-order valence-corrected chi connectivity index (χ0v) is 11.8. The smallest absolute Gasteiger partial charge is 0.333 e. The molecule has 0 aromatic heterocycles. The van der Waals surface area contributed by atoms with Crippen LogP contribution in [-0.2, 0) is 14.3 Å². The molecule has 0 aromatic carbocycles. The summed E-state index contributed by atoms with van der Waals surface area (Å²) in [4.78, 5) is 27.1. The van der Waals surface area contributed by atoms with Crippen LogP contribution in [0.2, 0.25) is 0 Å². The van der Waals surface area contributed by atoms with Crippen LogP contribution in [0.15, 0.2) is 22.1 Å². The molecule has 0 heterocycles. The summed E-state index contributed by atoms with van der Waals surface area (Å²) in [5.74, 6) is -0.307. The summed E-state index contributed by atoms with van der Waals surface area (Å²) in [6.45, 7) is 6.57. The number of guanidine groups is 1. The van der Waals surface area contributed by atoms with Gasteiger partial charge in [0, 0.05) is 12.1 Å². The molecule has 0 unspecified atom stereocenters. The number of carbonyl (C=O) groups excluding carboxylic acids is 2. The van der Waals surface area contributed by atoms with E-state index in [1.165, 1.54) is 6.08 Å². The van der Waals surface area contributed by atoms with Crippen LogP contribution in [-0.4, -0.2) is 44.2 Å². The van der Waals surface area contributed by atoms with Crippen molar-refractivity contribution in [2.24, 2.45) is 27.2 Å². The van der Waals surface area contributed by atoms with Crippen LogP contribution in [0.1, 0.15) is 19.8 Å². The third-order valence-corrected chi connectivity index (χ3v) is 1.76. The Labute approximate surface area is 118 Å². The van der Waals surface area contributed by atoms with E-state index < -0.39 is 5.97 Å². The molecule has 0 bridgehead atoms. The number of esters is 1. The Morgan fingerprint density at radius 1 is 1.30 bits per heavy atom. The van der Waals surface area contributed by atoms with E-state index in [1.54, 1.807) is 6.92 Å². The molecular weight excluding hydrogens is 262 g/mol. The summed E-state index contributed by atoms with van der Waals surface area (Å²) in [7, 11) is 0. The first kappa shape index (κ1) is 20.1. The second kappa shape index (κ2) is 14.9. The summed E-state index contributed by atoms with van der Waals surface area (Å²) in [5, 5.41) is 0. The minimum Gasteiger partial charge on any atom is -0.460 e. The van der Waals surface area contributed by atoms with Gasteiger partial charge in [-0.3, -0.25) is 4.99 Å². The van der Waals surface area contributed by atoms with Crippen molar-refractivity contribution in [1.82, 2.24) is 0 Å². The van der Waals surface area contributed by atoms with E-state index in [4.69, 9.17) is 17.2 Å². The summed E-state index contributed by atoms with van der Waals surface area (Å²) < 4.78 is 4.59. The Morgan fingerprint density at radius 2 is 1.95 bits per heavy atom. The van der Waals surface area contributed by atoms with Crippen LogP contribution in [0.4, 0.5) is 0 Å². The maximum atomic E-state index is 10.6. The number of ether oxygens (including phenoxy) is 1. The fourth-order valence-electron chi connectivity index (χ4n) is 0.817. The summed E-state index contributed by atoms with van der Waals surface area (Å²) >= 11 is 0. The van der Waals surface area contributed by atoms with Crippen molar-refractivity contribution in [3.8, 4) is 0 Å². The fraction of sp³-hybridized carbons (Fsp3) is 0.583. The van der Waals surface area contributed by atoms with Gasteiger partial charge in [-0.05, 0) is 26.3 Å². The number of hydrogen-bond donors (Lipinski definition) is 3. The standard InChI is InChI=1S/C7H9NO3.C5H14N4/c1-6(2)7(10)11-4-3-8-5-9;6-3-1-2-4-9-5(7)8/h1,3-4H2,2H3;1-4,6H2,(H4,7,8,9). The molecule has 8 nitrogen and oxygen atoms in total. The van der Waals surface area contributed by atoms with Gasteiger partial charge in [0.05, 0.1) is 6.54 Å². The molecular formula is C12H23N5O3. The minimum atomic E-state index is -0.467. The van der Waals surface area contributed by atoms with E-state index in [1.807, 2.05) is 0 Å². The van der Waals surface area contributed by atoms with Gasteiger partial charge in [-0.25, -0.2) is 14.6 Å². The van der Waals surface area contributed by atoms with Crippen molar-refractivity contribution in [3.05, 3.63) is 12.2 Å². The molecule has 20 heavy (non-hydrogen) atoms. The molecule has 0 aliphatic heterocycles. The van der Waals surface area contributed by atoms with Gasteiger partial charge in [0.2, 0.25) is 6.08 Å². The number of isocyanates is 1. The molecule has 8 heteroatoms. The maximum absolute atomic E-state index is 10.6. The van der Waals surface area contributed by atoms with Gasteiger partial charge in [0.1, 0.15) is 6.61 Å². The molecule has 0 spiro atoms. The summed E-state index contributed by atoms with van der Waals surface area (Å²) in [6.07, 6.45) is 3.28. The highest BCUT2D eigenvalue weighted by molar-refractivity contribution is 5.86. The lowest BCUT2D eigenvalue weighted by Crippen LogP contribution is -2.23. The predicted octanol–water partition coefficient (Wildman–Crippen LogP) is -0.560. The van der Waals surface area contributed by atoms with Gasteiger partial charge in [-0.1, -0.05) is 6.58 Å². The Morgan fingerprint density at radius 3 is 2.40 bits per heavy atom. The van der Waals surface area contributed by atoms with Crippen molar-refractivity contribution in [3.63, 3.8) is 0 Å². The number of nitrogens with zero attached hydrogens (tertiary/aromatic N) is 2. The molecule has 0 amide bonds. The largest absolute Gasteiger partial charge is 0.460 e. The Bertz CT molecular complexity index is 358. The molecule has 0 aromatic rings. The zero-order valence-electron chi connectivity index (χ0n) is 11.8. The number of nitrogens with two attached hydrogens (primary N) is 3. The molecule has 6 N–H and O–H groups in total. The third kappa shape index (κ3) is 18.2. The van der Waals surface area contributed by atoms with E-state index in [9.17, 15) is 9.59 Å². The molecule has 0 atom stereocenters. The Balaban J connectivity index is 0. The quantitative estimate of drug-likeness (QED) is 0.136. The lowest BCUT2D eigenvalue weighted by atomic mass is 10.3. The average Bonchev–Trinajstić information content (AvgIpc) is 2.40. The third-order valence-electron chi connectivity index (χ3n) is 1.76. The van der Waals surface area contributed by atoms with Gasteiger partial charge < -0.3 is 21.9 Å². The molecule has 0 aliphatic carbocycles. The second-order valence-electron chi connectivity index (χ2n) is 3.69. The molecule has 0 radical (unpaired) electrons. The zero-order chi connectivity index (χ0) is 15.8. The maximum Gasteiger partial charge on any atom is 0.333 e. The lowest BCUT2D eigenvalue weighted by Gasteiger charge is -1.99. The molecule has 0 fully saturated rings. The van der Waals surface area contributed by atoms with Crippen molar-refractivity contribution in [2.45, 2.75) is 19.8 Å². The van der Waals surface area contributed by atoms with Crippen LogP contribution in [0.25, 0.3) is 0 Å². The monoisotopic (exact) mass is 285 g/mol. The molecule has 114 valence electrons. The number of hydrogen-bond acceptors (Lipinski definition) is 6. The first-order valence-corrected chi connectivity index (χ1v) is 6.07. The Kier molecular flexibility index (Phi) is 15.0. The van der Waals surface area contributed by atoms with E-state index >= 15 is 0 Å². The van der Waals surface area contributed by atoms with Crippen molar-refractivity contribution in [2.75, 3.05) is 26.2 Å². The van der Waals surface area contributed by atoms with E-state index in [0.717, 1.165) is 12.8 Å². The van der Waals surface area contributed by atoms with Gasteiger partial charge in [-0.15, -0.1) is 0 Å². The van der Waals surface area contributed by atoms with Crippen molar-refractivity contribution < 1.29 is 14.3 Å². The van der Waals surface area contributed by atoms with Gasteiger partial charge >= 0.3 is 5.97 Å². The topological polar surface area (TPSA) is 146 Å². The van der Waals surface area contributed by atoms with Crippen molar-refractivity contribution >= 4 is 18.0 Å². The highest BCUT2D eigenvalue weighted by Gasteiger charge is 2.00. The number of rotatable bonds is 8. The SMILES string of the molecule is C=C(C)C(=O)OCCN=C=O.NCCCCN=C(N)N. The van der Waals surface area contributed by atoms with E-state index in [2.05, 4.69) is 21.3 Å². The van der Waals surface area contributed by atoms with E-state index in [-0.39, 0.29) is 19.1 Å². The summed E-state index contributed by atoms with van der Waals surface area (Å²) in [6, 6.07) is 0. The highest BCUT2D eigenvalue weighted by atomic mass is 16.5. The predicted molar refractivity (Wildman–Crippen MR) is 77.7 cm³/mol. The van der Waals surface area contributed by atoms with Crippen LogP contribution < -0.4 is 17.2 Å². The van der Waals surface area contributed by atoms with Crippen LogP contribution >= 0.6 is 0 Å². The minimum absolute atomic E-state index is 0.0981.